The van der Waals surface area contributed by atoms with Crippen LogP contribution >= 0.6 is 23.2 Å². The van der Waals surface area contributed by atoms with Crippen LogP contribution in [0.4, 0.5) is 4.39 Å². The number of halogens is 3. The number of rotatable bonds is 5. The fourth-order valence-corrected chi connectivity index (χ4v) is 5.25. The van der Waals surface area contributed by atoms with E-state index in [-0.39, 0.29) is 17.4 Å². The van der Waals surface area contributed by atoms with Gasteiger partial charge in [-0.1, -0.05) is 23.2 Å². The van der Waals surface area contributed by atoms with E-state index < -0.39 is 20.9 Å². The number of likely N-dealkylation sites (tertiary alicyclic amines) is 1. The molecule has 5 nitrogen and oxygen atoms in total. The Kier molecular flexibility index (Phi) is 6.47. The molecule has 2 aromatic rings. The molecule has 0 N–H and O–H groups in total. The Morgan fingerprint density at radius 1 is 1.11 bits per heavy atom. The minimum atomic E-state index is -3.56. The molecule has 150 valence electrons. The van der Waals surface area contributed by atoms with Crippen molar-refractivity contribution < 1.29 is 22.3 Å². The summed E-state index contributed by atoms with van der Waals surface area (Å²) in [6.07, 6.45) is 0.625. The van der Waals surface area contributed by atoms with Crippen LogP contribution < -0.4 is 4.74 Å². The van der Waals surface area contributed by atoms with Crippen LogP contribution in [0.1, 0.15) is 12.8 Å². The summed E-state index contributed by atoms with van der Waals surface area (Å²) in [6, 6.07) is 9.51. The summed E-state index contributed by atoms with van der Waals surface area (Å²) in [6.45, 7) is 0.417. The van der Waals surface area contributed by atoms with Gasteiger partial charge in [0.05, 0.1) is 15.2 Å². The second-order valence-electron chi connectivity index (χ2n) is 6.44. The molecule has 1 aliphatic heterocycles. The smallest absolute Gasteiger partial charge is 0.260 e. The Morgan fingerprint density at radius 2 is 1.75 bits per heavy atom. The zero-order chi connectivity index (χ0) is 20.3. The molecular formula is C19H18Cl2FNO4S. The number of amides is 1. The highest BCUT2D eigenvalue weighted by Gasteiger charge is 2.32. The molecule has 1 heterocycles. The first-order chi connectivity index (χ1) is 13.3. The Balaban J connectivity index is 1.55. The van der Waals surface area contributed by atoms with Crippen molar-refractivity contribution >= 4 is 38.9 Å². The molecule has 3 rings (SSSR count). The topological polar surface area (TPSA) is 63.7 Å². The molecule has 0 spiro atoms. The van der Waals surface area contributed by atoms with E-state index in [9.17, 15) is 17.6 Å². The van der Waals surface area contributed by atoms with Crippen LogP contribution in [-0.2, 0) is 14.6 Å². The maximum absolute atomic E-state index is 13.0. The Morgan fingerprint density at radius 3 is 2.36 bits per heavy atom. The summed E-state index contributed by atoms with van der Waals surface area (Å²) in [7, 11) is -3.56. The van der Waals surface area contributed by atoms with E-state index in [4.69, 9.17) is 27.9 Å². The summed E-state index contributed by atoms with van der Waals surface area (Å²) in [5, 5.41) is 0.172. The summed E-state index contributed by atoms with van der Waals surface area (Å²) in [4.78, 5) is 14.0. The molecule has 28 heavy (non-hydrogen) atoms. The van der Waals surface area contributed by atoms with E-state index in [0.29, 0.717) is 41.7 Å². The van der Waals surface area contributed by atoms with Crippen molar-refractivity contribution in [3.8, 4) is 5.75 Å². The lowest BCUT2D eigenvalue weighted by atomic mass is 10.1. The molecule has 0 aromatic heterocycles. The van der Waals surface area contributed by atoms with Gasteiger partial charge in [0.25, 0.3) is 5.91 Å². The van der Waals surface area contributed by atoms with E-state index >= 15 is 0 Å². The van der Waals surface area contributed by atoms with Gasteiger partial charge in [-0.25, -0.2) is 12.8 Å². The van der Waals surface area contributed by atoms with Crippen LogP contribution in [0.25, 0.3) is 0 Å². The SMILES string of the molecule is O=C(COc1ccc(Cl)cc1Cl)N1CCC(S(=O)(=O)c2ccc(F)cc2)CC1. The standard InChI is InChI=1S/C19H18Cl2FNO4S/c20-13-1-6-18(17(21)11-13)27-12-19(24)23-9-7-16(8-10-23)28(25,26)15-4-2-14(22)3-5-15/h1-6,11,16H,7-10,12H2. The summed E-state index contributed by atoms with van der Waals surface area (Å²) < 4.78 is 43.8. The molecule has 0 unspecified atom stereocenters. The lowest BCUT2D eigenvalue weighted by molar-refractivity contribution is -0.134. The van der Waals surface area contributed by atoms with E-state index in [2.05, 4.69) is 0 Å². The van der Waals surface area contributed by atoms with Gasteiger partial charge in [0, 0.05) is 18.1 Å². The highest BCUT2D eigenvalue weighted by Crippen LogP contribution is 2.28. The van der Waals surface area contributed by atoms with Crippen LogP contribution in [0.15, 0.2) is 47.4 Å². The predicted octanol–water partition coefficient (Wildman–Crippen LogP) is 3.98. The van der Waals surface area contributed by atoms with Gasteiger partial charge in [0.15, 0.2) is 16.4 Å². The third kappa shape index (κ3) is 4.77. The molecule has 1 amide bonds. The summed E-state index contributed by atoms with van der Waals surface area (Å²) >= 11 is 11.8. The van der Waals surface area contributed by atoms with E-state index in [1.165, 1.54) is 18.2 Å². The zero-order valence-corrected chi connectivity index (χ0v) is 17.1. The Labute approximate surface area is 172 Å². The fourth-order valence-electron chi connectivity index (χ4n) is 3.06. The maximum Gasteiger partial charge on any atom is 0.260 e. The summed E-state index contributed by atoms with van der Waals surface area (Å²) in [5.41, 5.74) is 0. The average Bonchev–Trinajstić information content (AvgIpc) is 2.67. The molecule has 9 heteroatoms. The second-order valence-corrected chi connectivity index (χ2v) is 9.51. The minimum absolute atomic E-state index is 0.0967. The zero-order valence-electron chi connectivity index (χ0n) is 14.8. The van der Waals surface area contributed by atoms with Crippen LogP contribution in [-0.4, -0.2) is 44.2 Å². The van der Waals surface area contributed by atoms with Crippen molar-refractivity contribution in [2.75, 3.05) is 19.7 Å². The number of sulfone groups is 1. The van der Waals surface area contributed by atoms with Crippen molar-refractivity contribution in [1.82, 2.24) is 4.90 Å². The molecular weight excluding hydrogens is 428 g/mol. The molecule has 1 fully saturated rings. The van der Waals surface area contributed by atoms with Gasteiger partial charge in [0.2, 0.25) is 0 Å². The molecule has 1 aliphatic rings. The highest BCUT2D eigenvalue weighted by atomic mass is 35.5. The molecule has 0 saturated carbocycles. The van der Waals surface area contributed by atoms with Crippen molar-refractivity contribution in [3.05, 3.63) is 58.3 Å². The van der Waals surface area contributed by atoms with Gasteiger partial charge in [-0.15, -0.1) is 0 Å². The number of hydrogen-bond acceptors (Lipinski definition) is 4. The first-order valence-corrected chi connectivity index (χ1v) is 10.9. The molecule has 0 aliphatic carbocycles. The van der Waals surface area contributed by atoms with E-state index in [1.54, 1.807) is 17.0 Å². The quantitative estimate of drug-likeness (QED) is 0.652. The van der Waals surface area contributed by atoms with Gasteiger partial charge in [-0.05, 0) is 55.3 Å². The third-order valence-corrected chi connectivity index (χ3v) is 7.43. The van der Waals surface area contributed by atoms with E-state index in [0.717, 1.165) is 12.1 Å². The number of nitrogens with zero attached hydrogens (tertiary/aromatic N) is 1. The van der Waals surface area contributed by atoms with Crippen LogP contribution in [0.3, 0.4) is 0 Å². The lowest BCUT2D eigenvalue weighted by Crippen LogP contribution is -2.44. The van der Waals surface area contributed by atoms with Gasteiger partial charge >= 0.3 is 0 Å². The highest BCUT2D eigenvalue weighted by molar-refractivity contribution is 7.92. The number of benzene rings is 2. The van der Waals surface area contributed by atoms with Crippen molar-refractivity contribution in [3.63, 3.8) is 0 Å². The number of ether oxygens (including phenoxy) is 1. The minimum Gasteiger partial charge on any atom is -0.482 e. The van der Waals surface area contributed by atoms with Crippen molar-refractivity contribution in [2.24, 2.45) is 0 Å². The Hall–Kier alpha value is -1.83. The monoisotopic (exact) mass is 445 g/mol. The molecule has 0 atom stereocenters. The number of carbonyl (C=O) groups is 1. The Bertz CT molecular complexity index is 958. The fraction of sp³-hybridized carbons (Fsp3) is 0.316. The summed E-state index contributed by atoms with van der Waals surface area (Å²) in [5.74, 6) is -0.378. The largest absolute Gasteiger partial charge is 0.482 e. The first-order valence-electron chi connectivity index (χ1n) is 8.62. The first kappa shape index (κ1) is 20.9. The average molecular weight is 446 g/mol. The van der Waals surface area contributed by atoms with Gasteiger partial charge < -0.3 is 9.64 Å². The van der Waals surface area contributed by atoms with Crippen molar-refractivity contribution in [1.29, 1.82) is 0 Å². The maximum atomic E-state index is 13.0. The third-order valence-electron chi connectivity index (χ3n) is 4.62. The lowest BCUT2D eigenvalue weighted by Gasteiger charge is -2.31. The number of carbonyl (C=O) groups excluding carboxylic acids is 1. The van der Waals surface area contributed by atoms with Gasteiger partial charge in [0.1, 0.15) is 11.6 Å². The van der Waals surface area contributed by atoms with Gasteiger partial charge in [-0.2, -0.15) is 0 Å². The molecule has 1 saturated heterocycles. The normalized spacial score (nSPS) is 15.5. The molecule has 2 aromatic carbocycles. The molecule has 0 bridgehead atoms. The molecule has 0 radical (unpaired) electrons. The number of piperidine rings is 1. The van der Waals surface area contributed by atoms with Gasteiger partial charge in [-0.3, -0.25) is 4.79 Å². The van der Waals surface area contributed by atoms with Crippen LogP contribution in [0.2, 0.25) is 10.0 Å². The second kappa shape index (κ2) is 8.68. The van der Waals surface area contributed by atoms with Crippen molar-refractivity contribution in [2.45, 2.75) is 23.0 Å². The van der Waals surface area contributed by atoms with Crippen LogP contribution in [0.5, 0.6) is 5.75 Å². The number of hydrogen-bond donors (Lipinski definition) is 0. The predicted molar refractivity (Wildman–Crippen MR) is 105 cm³/mol. The van der Waals surface area contributed by atoms with Crippen LogP contribution in [0, 0.1) is 5.82 Å². The van der Waals surface area contributed by atoms with E-state index in [1.807, 2.05) is 0 Å².